The summed E-state index contributed by atoms with van der Waals surface area (Å²) in [5.74, 6) is -0.406. The van der Waals surface area contributed by atoms with Crippen LogP contribution in [0.4, 0.5) is 4.79 Å². The molecule has 1 atom stereocenters. The fourth-order valence-electron chi connectivity index (χ4n) is 1.90. The molecule has 114 valence electrons. The number of nitrogens with two attached hydrogens (primary N) is 1. The van der Waals surface area contributed by atoms with Gasteiger partial charge in [-0.05, 0) is 33.6 Å². The summed E-state index contributed by atoms with van der Waals surface area (Å²) in [7, 11) is 0. The fourth-order valence-corrected chi connectivity index (χ4v) is 1.90. The minimum Gasteiger partial charge on any atom is -0.444 e. The highest BCUT2D eigenvalue weighted by atomic mass is 16.7. The van der Waals surface area contributed by atoms with E-state index in [0.717, 1.165) is 12.8 Å². The Morgan fingerprint density at radius 1 is 1.35 bits per heavy atom. The van der Waals surface area contributed by atoms with Crippen LogP contribution in [-0.4, -0.2) is 41.5 Å². The summed E-state index contributed by atoms with van der Waals surface area (Å²) in [4.78, 5) is 28.8. The summed E-state index contributed by atoms with van der Waals surface area (Å²) in [5, 5.41) is 3.58. The number of amides is 1. The Balaban J connectivity index is 2.60. The summed E-state index contributed by atoms with van der Waals surface area (Å²) in [6.07, 6.45) is 1.25. The minimum absolute atomic E-state index is 0.115. The third-order valence-electron chi connectivity index (χ3n) is 2.77. The first-order valence-corrected chi connectivity index (χ1v) is 6.68. The Labute approximate surface area is 119 Å². The molecular formula is C13H23N3O4. The maximum atomic E-state index is 12.0. The molecule has 0 radical (unpaired) electrons. The van der Waals surface area contributed by atoms with E-state index in [4.69, 9.17) is 10.5 Å². The Bertz CT molecular complexity index is 401. The van der Waals surface area contributed by atoms with Gasteiger partial charge in [0.15, 0.2) is 0 Å². The van der Waals surface area contributed by atoms with Gasteiger partial charge in [-0.3, -0.25) is 0 Å². The standard InChI is InChI=1S/C13H23N3O4/c1-9(17)20-15-11(14)10-6-5-7-16(8-10)12(18)19-13(2,3)4/h10H,5-8H2,1-4H3,(H2,14,15). The number of carbonyl (C=O) groups excluding carboxylic acids is 2. The van der Waals surface area contributed by atoms with Gasteiger partial charge in [0.25, 0.3) is 0 Å². The highest BCUT2D eigenvalue weighted by Gasteiger charge is 2.29. The van der Waals surface area contributed by atoms with Crippen LogP contribution in [0.15, 0.2) is 5.16 Å². The summed E-state index contributed by atoms with van der Waals surface area (Å²) < 4.78 is 5.32. The van der Waals surface area contributed by atoms with Crippen LogP contribution in [-0.2, 0) is 14.4 Å². The number of piperidine rings is 1. The summed E-state index contributed by atoms with van der Waals surface area (Å²) in [6, 6.07) is 0. The smallest absolute Gasteiger partial charge is 0.410 e. The molecule has 2 N–H and O–H groups in total. The predicted molar refractivity (Wildman–Crippen MR) is 73.9 cm³/mol. The van der Waals surface area contributed by atoms with Crippen molar-refractivity contribution in [3.8, 4) is 0 Å². The average Bonchev–Trinajstić information content (AvgIpc) is 2.34. The van der Waals surface area contributed by atoms with Gasteiger partial charge >= 0.3 is 12.1 Å². The quantitative estimate of drug-likeness (QED) is 0.359. The molecule has 1 amide bonds. The van der Waals surface area contributed by atoms with Crippen LogP contribution in [0.1, 0.15) is 40.5 Å². The van der Waals surface area contributed by atoms with Gasteiger partial charge in [-0.15, -0.1) is 0 Å². The average molecular weight is 285 g/mol. The molecule has 0 aliphatic carbocycles. The van der Waals surface area contributed by atoms with Gasteiger partial charge < -0.3 is 20.2 Å². The third kappa shape index (κ3) is 5.46. The van der Waals surface area contributed by atoms with Crippen LogP contribution in [0.25, 0.3) is 0 Å². The second-order valence-corrected chi connectivity index (χ2v) is 5.86. The lowest BCUT2D eigenvalue weighted by Gasteiger charge is -2.33. The topological polar surface area (TPSA) is 94.2 Å². The van der Waals surface area contributed by atoms with E-state index >= 15 is 0 Å². The van der Waals surface area contributed by atoms with Crippen molar-refractivity contribution in [1.29, 1.82) is 0 Å². The van der Waals surface area contributed by atoms with Crippen molar-refractivity contribution >= 4 is 17.9 Å². The van der Waals surface area contributed by atoms with Gasteiger partial charge in [-0.2, -0.15) is 0 Å². The van der Waals surface area contributed by atoms with Crippen molar-refractivity contribution in [2.24, 2.45) is 16.8 Å². The summed E-state index contributed by atoms with van der Waals surface area (Å²) in [5.41, 5.74) is 5.25. The molecule has 1 fully saturated rings. The number of hydrogen-bond donors (Lipinski definition) is 1. The van der Waals surface area contributed by atoms with Crippen molar-refractivity contribution in [2.75, 3.05) is 13.1 Å². The van der Waals surface area contributed by atoms with Gasteiger partial charge in [0.1, 0.15) is 11.4 Å². The molecule has 1 aliphatic rings. The van der Waals surface area contributed by atoms with Gasteiger partial charge in [-0.1, -0.05) is 5.16 Å². The molecule has 0 aromatic rings. The number of carbonyl (C=O) groups is 2. The lowest BCUT2D eigenvalue weighted by Crippen LogP contribution is -2.46. The number of likely N-dealkylation sites (tertiary alicyclic amines) is 1. The van der Waals surface area contributed by atoms with Crippen molar-refractivity contribution in [3.05, 3.63) is 0 Å². The van der Waals surface area contributed by atoms with Crippen LogP contribution >= 0.6 is 0 Å². The number of nitrogens with zero attached hydrogens (tertiary/aromatic N) is 2. The lowest BCUT2D eigenvalue weighted by molar-refractivity contribution is -0.141. The summed E-state index contributed by atoms with van der Waals surface area (Å²) >= 11 is 0. The maximum Gasteiger partial charge on any atom is 0.410 e. The molecule has 1 unspecified atom stereocenters. The first-order chi connectivity index (χ1) is 9.19. The van der Waals surface area contributed by atoms with E-state index in [2.05, 4.69) is 9.99 Å². The second kappa shape index (κ2) is 6.58. The van der Waals surface area contributed by atoms with E-state index in [0.29, 0.717) is 13.1 Å². The van der Waals surface area contributed by atoms with Crippen molar-refractivity contribution in [1.82, 2.24) is 4.90 Å². The zero-order valence-corrected chi connectivity index (χ0v) is 12.5. The Kier molecular flexibility index (Phi) is 5.35. The van der Waals surface area contributed by atoms with Gasteiger partial charge in [0.2, 0.25) is 0 Å². The Morgan fingerprint density at radius 2 is 2.00 bits per heavy atom. The number of oxime groups is 1. The minimum atomic E-state index is -0.526. The fraction of sp³-hybridized carbons (Fsp3) is 0.769. The predicted octanol–water partition coefficient (Wildman–Crippen LogP) is 1.47. The van der Waals surface area contributed by atoms with Crippen LogP contribution in [0.2, 0.25) is 0 Å². The van der Waals surface area contributed by atoms with Crippen molar-refractivity contribution < 1.29 is 19.2 Å². The number of hydrogen-bond acceptors (Lipinski definition) is 5. The zero-order valence-electron chi connectivity index (χ0n) is 12.5. The maximum absolute atomic E-state index is 12.0. The number of rotatable bonds is 2. The highest BCUT2D eigenvalue weighted by molar-refractivity contribution is 5.84. The SMILES string of the molecule is CC(=O)O/N=C(\N)C1CCCN(C(=O)OC(C)(C)C)C1. The van der Waals surface area contributed by atoms with E-state index in [-0.39, 0.29) is 17.8 Å². The molecule has 0 aromatic heterocycles. The van der Waals surface area contributed by atoms with E-state index in [1.807, 2.05) is 20.8 Å². The second-order valence-electron chi connectivity index (χ2n) is 5.86. The zero-order chi connectivity index (χ0) is 15.3. The van der Waals surface area contributed by atoms with E-state index < -0.39 is 11.6 Å². The molecular weight excluding hydrogens is 262 g/mol. The molecule has 0 saturated carbocycles. The Morgan fingerprint density at radius 3 is 2.55 bits per heavy atom. The number of ether oxygens (including phenoxy) is 1. The molecule has 1 saturated heterocycles. The molecule has 0 bridgehead atoms. The largest absolute Gasteiger partial charge is 0.444 e. The summed E-state index contributed by atoms with van der Waals surface area (Å²) in [6.45, 7) is 7.77. The third-order valence-corrected chi connectivity index (χ3v) is 2.77. The van der Waals surface area contributed by atoms with Crippen LogP contribution in [0.5, 0.6) is 0 Å². The van der Waals surface area contributed by atoms with Gasteiger partial charge in [0.05, 0.1) is 0 Å². The van der Waals surface area contributed by atoms with Crippen molar-refractivity contribution in [3.63, 3.8) is 0 Å². The van der Waals surface area contributed by atoms with Gasteiger partial charge in [-0.25, -0.2) is 9.59 Å². The molecule has 0 aromatic carbocycles. The van der Waals surface area contributed by atoms with Crippen LogP contribution in [0, 0.1) is 5.92 Å². The molecule has 7 nitrogen and oxygen atoms in total. The normalized spacial score (nSPS) is 20.5. The monoisotopic (exact) mass is 285 g/mol. The van der Waals surface area contributed by atoms with Crippen LogP contribution in [0.3, 0.4) is 0 Å². The molecule has 7 heteroatoms. The molecule has 1 aliphatic heterocycles. The van der Waals surface area contributed by atoms with E-state index in [1.165, 1.54) is 6.92 Å². The lowest BCUT2D eigenvalue weighted by atomic mass is 9.97. The molecule has 1 rings (SSSR count). The first-order valence-electron chi connectivity index (χ1n) is 6.68. The van der Waals surface area contributed by atoms with E-state index in [9.17, 15) is 9.59 Å². The van der Waals surface area contributed by atoms with Crippen molar-refractivity contribution in [2.45, 2.75) is 46.1 Å². The molecule has 20 heavy (non-hydrogen) atoms. The van der Waals surface area contributed by atoms with E-state index in [1.54, 1.807) is 4.90 Å². The molecule has 1 heterocycles. The van der Waals surface area contributed by atoms with Crippen LogP contribution < -0.4 is 5.73 Å². The number of amidine groups is 1. The highest BCUT2D eigenvalue weighted by Crippen LogP contribution is 2.19. The first kappa shape index (κ1) is 16.3. The molecule has 0 spiro atoms. The van der Waals surface area contributed by atoms with Gasteiger partial charge in [0, 0.05) is 25.9 Å². The Hall–Kier alpha value is -1.79.